The van der Waals surface area contributed by atoms with E-state index >= 15 is 0 Å². The molecule has 2 rings (SSSR count). The molecule has 5 heteroatoms. The van der Waals surface area contributed by atoms with E-state index < -0.39 is 11.9 Å². The first kappa shape index (κ1) is 12.7. The number of rotatable bonds is 3. The molecule has 0 bridgehead atoms. The van der Waals surface area contributed by atoms with Crippen molar-refractivity contribution in [2.75, 3.05) is 6.54 Å². The third-order valence-corrected chi connectivity index (χ3v) is 3.80. The SMILES string of the molecule is Cc1cc(CN2CC(C(=O)O)CC2=O)c(C)n1C. The molecule has 2 heterocycles. The summed E-state index contributed by atoms with van der Waals surface area (Å²) >= 11 is 0. The Morgan fingerprint density at radius 1 is 1.50 bits per heavy atom. The van der Waals surface area contributed by atoms with Crippen molar-refractivity contribution in [2.24, 2.45) is 13.0 Å². The molecule has 1 fully saturated rings. The van der Waals surface area contributed by atoms with Crippen LogP contribution in [0.3, 0.4) is 0 Å². The second-order valence-electron chi connectivity index (χ2n) is 4.97. The van der Waals surface area contributed by atoms with E-state index in [2.05, 4.69) is 10.6 Å². The van der Waals surface area contributed by atoms with Crippen LogP contribution in [-0.2, 0) is 23.2 Å². The highest BCUT2D eigenvalue weighted by atomic mass is 16.4. The summed E-state index contributed by atoms with van der Waals surface area (Å²) in [6.45, 7) is 4.86. The standard InChI is InChI=1S/C13H18N2O3/c1-8-4-10(9(2)14(8)3)6-15-7-11(13(17)18)5-12(15)16/h4,11H,5-7H2,1-3H3,(H,17,18). The Bertz CT molecular complexity index is 505. The molecule has 0 saturated carbocycles. The third-order valence-electron chi connectivity index (χ3n) is 3.80. The van der Waals surface area contributed by atoms with Crippen LogP contribution < -0.4 is 0 Å². The van der Waals surface area contributed by atoms with Crippen LogP contribution in [0.15, 0.2) is 6.07 Å². The molecule has 1 aromatic rings. The van der Waals surface area contributed by atoms with Crippen molar-refractivity contribution in [3.8, 4) is 0 Å². The van der Waals surface area contributed by atoms with E-state index in [0.717, 1.165) is 17.0 Å². The van der Waals surface area contributed by atoms with Gasteiger partial charge in [-0.25, -0.2) is 0 Å². The van der Waals surface area contributed by atoms with Crippen molar-refractivity contribution in [2.45, 2.75) is 26.8 Å². The zero-order chi connectivity index (χ0) is 13.4. The predicted octanol–water partition coefficient (Wildman–Crippen LogP) is 1.08. The summed E-state index contributed by atoms with van der Waals surface area (Å²) in [5.74, 6) is -1.50. The molecule has 0 aliphatic carbocycles. The molecule has 1 saturated heterocycles. The second-order valence-corrected chi connectivity index (χ2v) is 4.97. The van der Waals surface area contributed by atoms with Gasteiger partial charge in [0.05, 0.1) is 5.92 Å². The summed E-state index contributed by atoms with van der Waals surface area (Å²) in [5, 5.41) is 8.93. The number of aryl methyl sites for hydroxylation is 1. The summed E-state index contributed by atoms with van der Waals surface area (Å²) in [4.78, 5) is 24.3. The van der Waals surface area contributed by atoms with E-state index in [0.29, 0.717) is 13.1 Å². The zero-order valence-corrected chi connectivity index (χ0v) is 10.9. The molecule has 0 spiro atoms. The minimum Gasteiger partial charge on any atom is -0.481 e. The number of amides is 1. The minimum atomic E-state index is -0.883. The number of carbonyl (C=O) groups is 2. The van der Waals surface area contributed by atoms with Gasteiger partial charge in [-0.15, -0.1) is 0 Å². The van der Waals surface area contributed by atoms with Crippen LogP contribution >= 0.6 is 0 Å². The molecule has 1 aromatic heterocycles. The van der Waals surface area contributed by atoms with Gasteiger partial charge >= 0.3 is 5.97 Å². The number of likely N-dealkylation sites (tertiary alicyclic amines) is 1. The van der Waals surface area contributed by atoms with Gasteiger partial charge in [0.2, 0.25) is 5.91 Å². The maximum absolute atomic E-state index is 11.8. The van der Waals surface area contributed by atoms with Crippen LogP contribution in [0.5, 0.6) is 0 Å². The zero-order valence-electron chi connectivity index (χ0n) is 10.9. The number of carboxylic acids is 1. The van der Waals surface area contributed by atoms with Crippen molar-refractivity contribution in [3.63, 3.8) is 0 Å². The van der Waals surface area contributed by atoms with E-state index in [1.165, 1.54) is 0 Å². The molecule has 1 aliphatic heterocycles. The number of carbonyl (C=O) groups excluding carboxylic acids is 1. The minimum absolute atomic E-state index is 0.0664. The first-order valence-electron chi connectivity index (χ1n) is 6.02. The molecule has 1 N–H and O–H groups in total. The molecular formula is C13H18N2O3. The van der Waals surface area contributed by atoms with E-state index in [1.807, 2.05) is 20.9 Å². The lowest BCUT2D eigenvalue weighted by Crippen LogP contribution is -2.26. The van der Waals surface area contributed by atoms with Crippen LogP contribution in [-0.4, -0.2) is 33.0 Å². The number of aliphatic carboxylic acids is 1. The number of carboxylic acid groups (broad SMARTS) is 1. The van der Waals surface area contributed by atoms with Crippen molar-refractivity contribution in [1.29, 1.82) is 0 Å². The van der Waals surface area contributed by atoms with Gasteiger partial charge in [0.15, 0.2) is 0 Å². The molecule has 5 nitrogen and oxygen atoms in total. The lowest BCUT2D eigenvalue weighted by molar-refractivity contribution is -0.141. The van der Waals surface area contributed by atoms with Crippen LogP contribution in [0.2, 0.25) is 0 Å². The highest BCUT2D eigenvalue weighted by molar-refractivity contribution is 5.86. The molecule has 0 aromatic carbocycles. The van der Waals surface area contributed by atoms with Gasteiger partial charge in [-0.1, -0.05) is 0 Å². The van der Waals surface area contributed by atoms with E-state index in [1.54, 1.807) is 4.90 Å². The quantitative estimate of drug-likeness (QED) is 0.873. The monoisotopic (exact) mass is 250 g/mol. The van der Waals surface area contributed by atoms with Gasteiger partial charge in [0.1, 0.15) is 0 Å². The third kappa shape index (κ3) is 2.12. The van der Waals surface area contributed by atoms with Crippen molar-refractivity contribution < 1.29 is 14.7 Å². The Kier molecular flexibility index (Phi) is 3.15. The summed E-state index contributed by atoms with van der Waals surface area (Å²) in [7, 11) is 1.99. The highest BCUT2D eigenvalue weighted by Gasteiger charge is 2.34. The topological polar surface area (TPSA) is 62.5 Å². The maximum atomic E-state index is 11.8. The Morgan fingerprint density at radius 2 is 2.17 bits per heavy atom. The van der Waals surface area contributed by atoms with Gasteiger partial charge in [-0.3, -0.25) is 9.59 Å². The van der Waals surface area contributed by atoms with E-state index in [9.17, 15) is 9.59 Å². The Hall–Kier alpha value is -1.78. The molecule has 18 heavy (non-hydrogen) atoms. The van der Waals surface area contributed by atoms with Crippen molar-refractivity contribution in [3.05, 3.63) is 23.0 Å². The highest BCUT2D eigenvalue weighted by Crippen LogP contribution is 2.22. The Labute approximate surface area is 106 Å². The van der Waals surface area contributed by atoms with E-state index in [-0.39, 0.29) is 12.3 Å². The largest absolute Gasteiger partial charge is 0.481 e. The first-order chi connectivity index (χ1) is 8.40. The summed E-state index contributed by atoms with van der Waals surface area (Å²) in [6, 6.07) is 2.05. The molecular weight excluding hydrogens is 232 g/mol. The molecule has 0 radical (unpaired) electrons. The molecule has 1 aliphatic rings. The van der Waals surface area contributed by atoms with E-state index in [4.69, 9.17) is 5.11 Å². The summed E-state index contributed by atoms with van der Waals surface area (Å²) in [6.07, 6.45) is 0.125. The van der Waals surface area contributed by atoms with Crippen LogP contribution in [0.4, 0.5) is 0 Å². The molecule has 1 unspecified atom stereocenters. The molecule has 1 amide bonds. The van der Waals surface area contributed by atoms with Crippen LogP contribution in [0.1, 0.15) is 23.4 Å². The van der Waals surface area contributed by atoms with Gasteiger partial charge in [0.25, 0.3) is 0 Å². The average Bonchev–Trinajstić information content (AvgIpc) is 2.77. The Morgan fingerprint density at radius 3 is 2.61 bits per heavy atom. The second kappa shape index (κ2) is 4.48. The fraction of sp³-hybridized carbons (Fsp3) is 0.538. The first-order valence-corrected chi connectivity index (χ1v) is 6.02. The number of hydrogen-bond donors (Lipinski definition) is 1. The predicted molar refractivity (Wildman–Crippen MR) is 66.0 cm³/mol. The summed E-state index contributed by atoms with van der Waals surface area (Å²) < 4.78 is 2.07. The van der Waals surface area contributed by atoms with Crippen LogP contribution in [0.25, 0.3) is 0 Å². The fourth-order valence-corrected chi connectivity index (χ4v) is 2.39. The number of hydrogen-bond acceptors (Lipinski definition) is 2. The van der Waals surface area contributed by atoms with Crippen molar-refractivity contribution in [1.82, 2.24) is 9.47 Å². The lowest BCUT2D eigenvalue weighted by Gasteiger charge is -2.16. The van der Waals surface area contributed by atoms with Gasteiger partial charge < -0.3 is 14.6 Å². The lowest BCUT2D eigenvalue weighted by atomic mass is 10.1. The smallest absolute Gasteiger partial charge is 0.308 e. The van der Waals surface area contributed by atoms with Crippen LogP contribution in [0, 0.1) is 19.8 Å². The van der Waals surface area contributed by atoms with Crippen molar-refractivity contribution >= 4 is 11.9 Å². The van der Waals surface area contributed by atoms with Gasteiger partial charge in [0, 0.05) is 37.9 Å². The summed E-state index contributed by atoms with van der Waals surface area (Å²) in [5.41, 5.74) is 3.36. The number of aromatic nitrogens is 1. The van der Waals surface area contributed by atoms with Gasteiger partial charge in [-0.05, 0) is 25.5 Å². The normalized spacial score (nSPS) is 19.6. The fourth-order valence-electron chi connectivity index (χ4n) is 2.39. The maximum Gasteiger partial charge on any atom is 0.308 e. The molecule has 1 atom stereocenters. The Balaban J connectivity index is 2.13. The average molecular weight is 250 g/mol. The number of nitrogens with zero attached hydrogens (tertiary/aromatic N) is 2. The molecule has 98 valence electrons. The van der Waals surface area contributed by atoms with Gasteiger partial charge in [-0.2, -0.15) is 0 Å².